The number of allylic oxidation sites excluding steroid dienone is 7. The summed E-state index contributed by atoms with van der Waals surface area (Å²) in [5.74, 6) is 0.625. The van der Waals surface area contributed by atoms with Crippen molar-refractivity contribution in [3.05, 3.63) is 46.6 Å². The average Bonchev–Trinajstić information content (AvgIpc) is 2.63. The minimum absolute atomic E-state index is 0.311. The minimum Gasteiger partial charge on any atom is -0.480 e. The largest absolute Gasteiger partial charge is 0.480 e. The Morgan fingerprint density at radius 3 is 1.77 bits per heavy atom. The summed E-state index contributed by atoms with van der Waals surface area (Å²) < 4.78 is 0. The number of amidine groups is 1. The van der Waals surface area contributed by atoms with Gasteiger partial charge in [-0.25, -0.2) is 4.79 Å². The third-order valence-electron chi connectivity index (χ3n) is 4.62. The van der Waals surface area contributed by atoms with E-state index in [2.05, 4.69) is 63.9 Å². The molecule has 0 saturated carbocycles. The van der Waals surface area contributed by atoms with Crippen LogP contribution in [0.4, 0.5) is 0 Å². The number of hydrogen-bond donors (Lipinski definition) is 2. The van der Waals surface area contributed by atoms with Crippen LogP contribution in [0.1, 0.15) is 80.1 Å². The lowest BCUT2D eigenvalue weighted by Gasteiger charge is -2.07. The Balaban J connectivity index is 4.15. The second-order valence-electron chi connectivity index (χ2n) is 8.21. The molecule has 0 aliphatic rings. The van der Waals surface area contributed by atoms with Gasteiger partial charge in [-0.1, -0.05) is 46.6 Å². The molecule has 0 aromatic rings. The molecule has 0 amide bonds. The number of carboxylic acids is 1. The first-order valence-electron chi connectivity index (χ1n) is 10.8. The lowest BCUT2D eigenvalue weighted by atomic mass is 10.0. The first-order chi connectivity index (χ1) is 14.1. The summed E-state index contributed by atoms with van der Waals surface area (Å²) in [6.45, 7) is 12.5. The van der Waals surface area contributed by atoms with Gasteiger partial charge in [-0.3, -0.25) is 4.99 Å². The van der Waals surface area contributed by atoms with Crippen molar-refractivity contribution in [2.75, 3.05) is 11.5 Å². The number of carboxylic acid groups (broad SMARTS) is 1. The van der Waals surface area contributed by atoms with Gasteiger partial charge in [-0.05, 0) is 80.1 Å². The summed E-state index contributed by atoms with van der Waals surface area (Å²) in [7, 11) is 0. The van der Waals surface area contributed by atoms with E-state index in [4.69, 9.17) is 10.8 Å². The van der Waals surface area contributed by atoms with Crippen LogP contribution >= 0.6 is 11.8 Å². The van der Waals surface area contributed by atoms with Gasteiger partial charge in [0.05, 0.1) is 5.84 Å². The molecule has 0 saturated heterocycles. The van der Waals surface area contributed by atoms with Crippen LogP contribution in [0, 0.1) is 0 Å². The zero-order chi connectivity index (χ0) is 22.9. The van der Waals surface area contributed by atoms with Gasteiger partial charge in [0.2, 0.25) is 0 Å². The SMILES string of the molecule is CC(C)=CCC/C(C)=C/CC/C(C)=C/CC/C(C)=C/CSCC(N=C(C)N)C(=O)O. The Morgan fingerprint density at radius 1 is 0.867 bits per heavy atom. The normalized spacial score (nSPS) is 14.6. The molecule has 3 N–H and O–H groups in total. The molecule has 1 atom stereocenters. The lowest BCUT2D eigenvalue weighted by Crippen LogP contribution is -2.24. The van der Waals surface area contributed by atoms with E-state index in [-0.39, 0.29) is 0 Å². The molecule has 4 nitrogen and oxygen atoms in total. The molecule has 0 radical (unpaired) electrons. The molecule has 0 aromatic heterocycles. The van der Waals surface area contributed by atoms with E-state index in [1.54, 1.807) is 18.7 Å². The highest BCUT2D eigenvalue weighted by molar-refractivity contribution is 7.99. The predicted molar refractivity (Wildman–Crippen MR) is 134 cm³/mol. The predicted octanol–water partition coefficient (Wildman–Crippen LogP) is 6.70. The lowest BCUT2D eigenvalue weighted by molar-refractivity contribution is -0.137. The number of thioether (sulfide) groups is 1. The molecule has 0 rings (SSSR count). The van der Waals surface area contributed by atoms with Gasteiger partial charge < -0.3 is 10.8 Å². The molecule has 0 bridgehead atoms. The highest BCUT2D eigenvalue weighted by atomic mass is 32.2. The third-order valence-corrected chi connectivity index (χ3v) is 5.58. The second kappa shape index (κ2) is 17.0. The molecule has 170 valence electrons. The maximum Gasteiger partial charge on any atom is 0.329 e. The van der Waals surface area contributed by atoms with E-state index in [1.807, 2.05) is 0 Å². The van der Waals surface area contributed by atoms with E-state index < -0.39 is 12.0 Å². The van der Waals surface area contributed by atoms with Crippen molar-refractivity contribution >= 4 is 23.6 Å². The molecule has 5 heteroatoms. The smallest absolute Gasteiger partial charge is 0.329 e. The first kappa shape index (κ1) is 28.2. The maximum absolute atomic E-state index is 11.1. The van der Waals surface area contributed by atoms with E-state index in [1.165, 1.54) is 22.3 Å². The monoisotopic (exact) mass is 434 g/mol. The van der Waals surface area contributed by atoms with Crippen LogP contribution in [-0.4, -0.2) is 34.5 Å². The maximum atomic E-state index is 11.1. The van der Waals surface area contributed by atoms with Crippen molar-refractivity contribution in [3.63, 3.8) is 0 Å². The van der Waals surface area contributed by atoms with Gasteiger partial charge in [0, 0.05) is 11.5 Å². The van der Waals surface area contributed by atoms with Crippen molar-refractivity contribution in [2.45, 2.75) is 86.1 Å². The van der Waals surface area contributed by atoms with Crippen LogP contribution in [-0.2, 0) is 4.79 Å². The average molecular weight is 435 g/mol. The van der Waals surface area contributed by atoms with Crippen LogP contribution in [0.5, 0.6) is 0 Å². The Hall–Kier alpha value is -1.75. The van der Waals surface area contributed by atoms with Crippen LogP contribution in [0.15, 0.2) is 51.6 Å². The van der Waals surface area contributed by atoms with Crippen LogP contribution in [0.2, 0.25) is 0 Å². The van der Waals surface area contributed by atoms with Crippen LogP contribution in [0.25, 0.3) is 0 Å². The summed E-state index contributed by atoms with van der Waals surface area (Å²) in [6.07, 6.45) is 15.8. The van der Waals surface area contributed by atoms with Crippen molar-refractivity contribution in [3.8, 4) is 0 Å². The summed E-state index contributed by atoms with van der Waals surface area (Å²) in [5, 5.41) is 9.14. The van der Waals surface area contributed by atoms with Gasteiger partial charge in [0.25, 0.3) is 0 Å². The van der Waals surface area contributed by atoms with Crippen molar-refractivity contribution < 1.29 is 9.90 Å². The number of aliphatic imine (C=N–C) groups is 1. The quantitative estimate of drug-likeness (QED) is 0.130. The fourth-order valence-electron chi connectivity index (χ4n) is 2.78. The molecule has 30 heavy (non-hydrogen) atoms. The fourth-order valence-corrected chi connectivity index (χ4v) is 3.76. The minimum atomic E-state index is -0.924. The summed E-state index contributed by atoms with van der Waals surface area (Å²) in [6, 6.07) is -0.760. The molecular weight excluding hydrogens is 392 g/mol. The Kier molecular flexibility index (Phi) is 16.0. The van der Waals surface area contributed by atoms with E-state index in [9.17, 15) is 4.79 Å². The first-order valence-corrected chi connectivity index (χ1v) is 12.0. The van der Waals surface area contributed by atoms with Gasteiger partial charge in [0.1, 0.15) is 0 Å². The number of rotatable bonds is 15. The molecular formula is C25H42N2O2S. The van der Waals surface area contributed by atoms with Crippen molar-refractivity contribution in [1.29, 1.82) is 0 Å². The summed E-state index contributed by atoms with van der Waals surface area (Å²) >= 11 is 1.58. The molecule has 0 aromatic carbocycles. The second-order valence-corrected chi connectivity index (χ2v) is 9.29. The Labute approximate surface area is 188 Å². The Bertz CT molecular complexity index is 665. The molecule has 0 fully saturated rings. The van der Waals surface area contributed by atoms with Gasteiger partial charge >= 0.3 is 5.97 Å². The topological polar surface area (TPSA) is 75.7 Å². The van der Waals surface area contributed by atoms with Gasteiger partial charge in [-0.2, -0.15) is 11.8 Å². The van der Waals surface area contributed by atoms with E-state index in [0.29, 0.717) is 11.6 Å². The number of nitrogens with zero attached hydrogens (tertiary/aromatic N) is 1. The number of hydrogen-bond acceptors (Lipinski definition) is 3. The van der Waals surface area contributed by atoms with E-state index in [0.717, 1.165) is 44.3 Å². The zero-order valence-electron chi connectivity index (χ0n) is 19.8. The standard InChI is InChI=1S/C25H42N2O2S/c1-19(2)10-7-11-20(3)12-8-13-21(4)14-9-15-22(5)16-17-30-18-24(25(28)29)27-23(6)26/h10,12,14,16,24H,7-9,11,13,15,17-18H2,1-6H3,(H2,26,27)(H,28,29)/b20-12+,21-14+,22-16+. The van der Waals surface area contributed by atoms with Crippen molar-refractivity contribution in [1.82, 2.24) is 0 Å². The Morgan fingerprint density at radius 2 is 1.33 bits per heavy atom. The van der Waals surface area contributed by atoms with Crippen LogP contribution < -0.4 is 5.73 Å². The fraction of sp³-hybridized carbons (Fsp3) is 0.600. The van der Waals surface area contributed by atoms with Crippen LogP contribution in [0.3, 0.4) is 0 Å². The van der Waals surface area contributed by atoms with Gasteiger partial charge in [0.15, 0.2) is 6.04 Å². The summed E-state index contributed by atoms with van der Waals surface area (Å²) in [5.41, 5.74) is 11.2. The zero-order valence-corrected chi connectivity index (χ0v) is 20.6. The molecule has 0 aliphatic carbocycles. The highest BCUT2D eigenvalue weighted by Gasteiger charge is 2.15. The molecule has 0 spiro atoms. The van der Waals surface area contributed by atoms with Crippen molar-refractivity contribution in [2.24, 2.45) is 10.7 Å². The molecule has 1 unspecified atom stereocenters. The van der Waals surface area contributed by atoms with Gasteiger partial charge in [-0.15, -0.1) is 0 Å². The molecule has 0 aliphatic heterocycles. The molecule has 0 heterocycles. The summed E-state index contributed by atoms with van der Waals surface area (Å²) in [4.78, 5) is 15.1. The van der Waals surface area contributed by atoms with E-state index >= 15 is 0 Å². The number of aliphatic carboxylic acids is 1. The third kappa shape index (κ3) is 17.1. The number of nitrogens with two attached hydrogens (primary N) is 1. The number of carbonyl (C=O) groups is 1. The highest BCUT2D eigenvalue weighted by Crippen LogP contribution is 2.14.